The highest BCUT2D eigenvalue weighted by Crippen LogP contribution is 2.21. The van der Waals surface area contributed by atoms with Crippen molar-refractivity contribution >= 4 is 15.9 Å². The van der Waals surface area contributed by atoms with Gasteiger partial charge >= 0.3 is 0 Å². The molecule has 1 aromatic rings. The molecular weight excluding hydrogens is 276 g/mol. The number of nitrogens with zero attached hydrogens (tertiary/aromatic N) is 1. The molecule has 0 aliphatic rings. The van der Waals surface area contributed by atoms with Crippen molar-refractivity contribution in [3.05, 3.63) is 46.5 Å². The lowest BCUT2D eigenvalue weighted by Crippen LogP contribution is -2.30. The maximum Gasteiger partial charge on any atom is 0.0250 e. The topological polar surface area (TPSA) is 29.3 Å². The van der Waals surface area contributed by atoms with Gasteiger partial charge in [0, 0.05) is 30.1 Å². The van der Waals surface area contributed by atoms with Crippen molar-refractivity contribution in [2.24, 2.45) is 5.73 Å². The van der Waals surface area contributed by atoms with Crippen molar-refractivity contribution in [2.75, 3.05) is 6.54 Å². The summed E-state index contributed by atoms with van der Waals surface area (Å²) in [5, 5.41) is 0. The van der Waals surface area contributed by atoms with Gasteiger partial charge in [0.05, 0.1) is 0 Å². The Morgan fingerprint density at radius 2 is 2.18 bits per heavy atom. The third-order valence-corrected chi connectivity index (χ3v) is 3.56. The van der Waals surface area contributed by atoms with Crippen molar-refractivity contribution in [3.8, 4) is 0 Å². The van der Waals surface area contributed by atoms with E-state index in [9.17, 15) is 0 Å². The highest BCUT2D eigenvalue weighted by Gasteiger charge is 2.10. The zero-order valence-corrected chi connectivity index (χ0v) is 12.2. The molecule has 2 nitrogen and oxygen atoms in total. The maximum absolute atomic E-state index is 5.62. The van der Waals surface area contributed by atoms with Crippen LogP contribution in [0.1, 0.15) is 25.0 Å². The second-order valence-corrected chi connectivity index (χ2v) is 5.30. The van der Waals surface area contributed by atoms with Gasteiger partial charge < -0.3 is 5.73 Å². The minimum Gasteiger partial charge on any atom is -0.326 e. The minimum absolute atomic E-state index is 0.508. The Balaban J connectivity index is 2.82. The van der Waals surface area contributed by atoms with Gasteiger partial charge in [0.15, 0.2) is 0 Å². The SMILES string of the molecule is C=CCN(Cc1ccc(CN)cc1Br)C(C)C. The molecule has 0 aromatic heterocycles. The summed E-state index contributed by atoms with van der Waals surface area (Å²) in [4.78, 5) is 2.37. The standard InChI is InChI=1S/C14H21BrN2/c1-4-7-17(11(2)3)10-13-6-5-12(9-16)8-14(13)15/h4-6,8,11H,1,7,9-10,16H2,2-3H3. The lowest BCUT2D eigenvalue weighted by molar-refractivity contribution is 0.237. The van der Waals surface area contributed by atoms with Crippen LogP contribution in [-0.2, 0) is 13.1 Å². The molecule has 0 bridgehead atoms. The van der Waals surface area contributed by atoms with E-state index in [2.05, 4.69) is 59.5 Å². The molecule has 0 aliphatic heterocycles. The van der Waals surface area contributed by atoms with E-state index >= 15 is 0 Å². The van der Waals surface area contributed by atoms with Crippen molar-refractivity contribution < 1.29 is 0 Å². The Labute approximate surface area is 113 Å². The fraction of sp³-hybridized carbons (Fsp3) is 0.429. The summed E-state index contributed by atoms with van der Waals surface area (Å²) >= 11 is 3.61. The number of halogens is 1. The molecule has 0 spiro atoms. The highest BCUT2D eigenvalue weighted by atomic mass is 79.9. The van der Waals surface area contributed by atoms with Crippen molar-refractivity contribution in [2.45, 2.75) is 33.0 Å². The normalized spacial score (nSPS) is 11.2. The molecule has 0 saturated carbocycles. The van der Waals surface area contributed by atoms with E-state index in [1.54, 1.807) is 0 Å². The molecule has 1 rings (SSSR count). The Kier molecular flexibility index (Phi) is 5.89. The predicted octanol–water partition coefficient (Wildman–Crippen LogP) is 3.30. The smallest absolute Gasteiger partial charge is 0.0250 e. The average Bonchev–Trinajstić information content (AvgIpc) is 2.30. The number of hydrogen-bond donors (Lipinski definition) is 1. The monoisotopic (exact) mass is 296 g/mol. The molecule has 0 atom stereocenters. The van der Waals surface area contributed by atoms with E-state index in [1.165, 1.54) is 5.56 Å². The summed E-state index contributed by atoms with van der Waals surface area (Å²) in [7, 11) is 0. The lowest BCUT2D eigenvalue weighted by atomic mass is 10.1. The number of benzene rings is 1. The summed E-state index contributed by atoms with van der Waals surface area (Å²) in [5.41, 5.74) is 8.06. The molecule has 17 heavy (non-hydrogen) atoms. The number of rotatable bonds is 6. The molecule has 0 fully saturated rings. The summed E-state index contributed by atoms with van der Waals surface area (Å²) in [5.74, 6) is 0. The van der Waals surface area contributed by atoms with Crippen LogP contribution in [-0.4, -0.2) is 17.5 Å². The summed E-state index contributed by atoms with van der Waals surface area (Å²) in [6.07, 6.45) is 1.95. The van der Waals surface area contributed by atoms with Crippen LogP contribution in [0.3, 0.4) is 0 Å². The van der Waals surface area contributed by atoms with Crippen LogP contribution in [0.15, 0.2) is 35.3 Å². The zero-order chi connectivity index (χ0) is 12.8. The average molecular weight is 297 g/mol. The van der Waals surface area contributed by atoms with Gasteiger partial charge in [0.2, 0.25) is 0 Å². The van der Waals surface area contributed by atoms with Crippen LogP contribution in [0.5, 0.6) is 0 Å². The Bertz CT molecular complexity index is 374. The first-order valence-corrected chi connectivity index (χ1v) is 6.70. The number of nitrogens with two attached hydrogens (primary N) is 1. The maximum atomic E-state index is 5.62. The zero-order valence-electron chi connectivity index (χ0n) is 10.6. The van der Waals surface area contributed by atoms with Gasteiger partial charge in [-0.2, -0.15) is 0 Å². The van der Waals surface area contributed by atoms with Gasteiger partial charge in [-0.3, -0.25) is 4.90 Å². The minimum atomic E-state index is 0.508. The second-order valence-electron chi connectivity index (χ2n) is 4.44. The molecule has 0 amide bonds. The van der Waals surface area contributed by atoms with Crippen LogP contribution >= 0.6 is 15.9 Å². The molecule has 0 saturated heterocycles. The molecule has 0 radical (unpaired) electrons. The third kappa shape index (κ3) is 4.26. The summed E-state index contributed by atoms with van der Waals surface area (Å²) in [6.45, 7) is 10.6. The second kappa shape index (κ2) is 6.94. The Hall–Kier alpha value is -0.640. The molecule has 0 aliphatic carbocycles. The highest BCUT2D eigenvalue weighted by molar-refractivity contribution is 9.10. The largest absolute Gasteiger partial charge is 0.326 e. The Morgan fingerprint density at radius 3 is 2.65 bits per heavy atom. The molecule has 94 valence electrons. The van der Waals surface area contributed by atoms with E-state index in [0.717, 1.165) is 23.1 Å². The first kappa shape index (κ1) is 14.4. The van der Waals surface area contributed by atoms with Gasteiger partial charge in [0.25, 0.3) is 0 Å². The fourth-order valence-electron chi connectivity index (χ4n) is 1.69. The van der Waals surface area contributed by atoms with Gasteiger partial charge in [-0.25, -0.2) is 0 Å². The van der Waals surface area contributed by atoms with Gasteiger partial charge in [-0.15, -0.1) is 6.58 Å². The molecule has 0 unspecified atom stereocenters. The summed E-state index contributed by atoms with van der Waals surface area (Å²) < 4.78 is 1.13. The third-order valence-electron chi connectivity index (χ3n) is 2.82. The van der Waals surface area contributed by atoms with Crippen molar-refractivity contribution in [3.63, 3.8) is 0 Å². The van der Waals surface area contributed by atoms with Crippen LogP contribution in [0, 0.1) is 0 Å². The van der Waals surface area contributed by atoms with Crippen molar-refractivity contribution in [1.82, 2.24) is 4.90 Å². The van der Waals surface area contributed by atoms with Crippen LogP contribution in [0.4, 0.5) is 0 Å². The van der Waals surface area contributed by atoms with E-state index in [0.29, 0.717) is 12.6 Å². The first-order chi connectivity index (χ1) is 8.08. The lowest BCUT2D eigenvalue weighted by Gasteiger charge is -2.25. The van der Waals surface area contributed by atoms with Crippen LogP contribution in [0.2, 0.25) is 0 Å². The number of hydrogen-bond acceptors (Lipinski definition) is 2. The van der Waals surface area contributed by atoms with Gasteiger partial charge in [-0.05, 0) is 31.0 Å². The van der Waals surface area contributed by atoms with Crippen LogP contribution in [0.25, 0.3) is 0 Å². The predicted molar refractivity (Wildman–Crippen MR) is 77.8 cm³/mol. The summed E-state index contributed by atoms with van der Waals surface area (Å²) in [6, 6.07) is 6.84. The molecular formula is C14H21BrN2. The van der Waals surface area contributed by atoms with E-state index < -0.39 is 0 Å². The van der Waals surface area contributed by atoms with Crippen LogP contribution < -0.4 is 5.73 Å². The van der Waals surface area contributed by atoms with E-state index in [-0.39, 0.29) is 0 Å². The van der Waals surface area contributed by atoms with Gasteiger partial charge in [-0.1, -0.05) is 34.1 Å². The quantitative estimate of drug-likeness (QED) is 0.816. The van der Waals surface area contributed by atoms with E-state index in [4.69, 9.17) is 5.73 Å². The fourth-order valence-corrected chi connectivity index (χ4v) is 2.24. The molecule has 1 aromatic carbocycles. The Morgan fingerprint density at radius 1 is 1.47 bits per heavy atom. The van der Waals surface area contributed by atoms with Crippen molar-refractivity contribution in [1.29, 1.82) is 0 Å². The molecule has 0 heterocycles. The van der Waals surface area contributed by atoms with Gasteiger partial charge in [0.1, 0.15) is 0 Å². The van der Waals surface area contributed by atoms with E-state index in [1.807, 2.05) is 6.08 Å². The molecule has 2 N–H and O–H groups in total. The molecule has 3 heteroatoms. The first-order valence-electron chi connectivity index (χ1n) is 5.90.